The number of H-pyrrole nitrogens is 1. The van der Waals surface area contributed by atoms with Crippen LogP contribution >= 0.6 is 0 Å². The van der Waals surface area contributed by atoms with Crippen LogP contribution in [0.4, 0.5) is 11.4 Å². The highest BCUT2D eigenvalue weighted by Crippen LogP contribution is 2.22. The zero-order valence-electron chi connectivity index (χ0n) is 10.3. The summed E-state index contributed by atoms with van der Waals surface area (Å²) < 4.78 is 25.5. The van der Waals surface area contributed by atoms with E-state index in [-0.39, 0.29) is 4.90 Å². The van der Waals surface area contributed by atoms with Gasteiger partial charge in [0, 0.05) is 6.20 Å². The van der Waals surface area contributed by atoms with Crippen molar-refractivity contribution in [2.24, 2.45) is 0 Å². The largest absolute Gasteiger partial charge is 0.397 e. The van der Waals surface area contributed by atoms with Crippen LogP contribution in [0.15, 0.2) is 35.6 Å². The Balaban J connectivity index is 2.16. The lowest BCUT2D eigenvalue weighted by Gasteiger charge is -2.10. The topological polar surface area (TPSA) is 113 Å². The van der Waals surface area contributed by atoms with Crippen LogP contribution in [0.1, 0.15) is 5.69 Å². The number of aromatic nitrogens is 2. The summed E-state index contributed by atoms with van der Waals surface area (Å²) in [6.45, 7) is 0.530. The van der Waals surface area contributed by atoms with Gasteiger partial charge in [-0.15, -0.1) is 0 Å². The smallest absolute Gasteiger partial charge is 0.240 e. The third-order valence-electron chi connectivity index (χ3n) is 2.63. The summed E-state index contributed by atoms with van der Waals surface area (Å²) >= 11 is 0. The summed E-state index contributed by atoms with van der Waals surface area (Å²) in [7, 11) is -2.11. The van der Waals surface area contributed by atoms with Crippen LogP contribution in [0.3, 0.4) is 0 Å². The molecule has 2 aromatic rings. The lowest BCUT2D eigenvalue weighted by molar-refractivity contribution is 0.588. The van der Waals surface area contributed by atoms with Gasteiger partial charge < -0.3 is 16.0 Å². The third kappa shape index (κ3) is 3.04. The Hall–Kier alpha value is -2.06. The molecule has 0 aliphatic heterocycles. The molecule has 0 saturated heterocycles. The first-order valence-corrected chi connectivity index (χ1v) is 7.05. The van der Waals surface area contributed by atoms with Gasteiger partial charge in [-0.25, -0.2) is 18.1 Å². The molecule has 2 rings (SSSR count). The van der Waals surface area contributed by atoms with Gasteiger partial charge in [0.1, 0.15) is 0 Å². The summed E-state index contributed by atoms with van der Waals surface area (Å²) in [5.74, 6) is 0. The molecule has 0 amide bonds. The van der Waals surface area contributed by atoms with Crippen molar-refractivity contribution in [1.82, 2.24) is 14.7 Å². The molecule has 7 nitrogen and oxygen atoms in total. The maximum atomic E-state index is 11.6. The fourth-order valence-electron chi connectivity index (χ4n) is 1.56. The van der Waals surface area contributed by atoms with Gasteiger partial charge in [-0.3, -0.25) is 0 Å². The third-order valence-corrected chi connectivity index (χ3v) is 4.04. The number of imidazole rings is 1. The van der Waals surface area contributed by atoms with Gasteiger partial charge in [0.25, 0.3) is 0 Å². The average molecular weight is 281 g/mol. The van der Waals surface area contributed by atoms with Crippen LogP contribution in [0.5, 0.6) is 0 Å². The number of nitrogens with one attached hydrogen (secondary N) is 3. The van der Waals surface area contributed by atoms with Crippen LogP contribution in [0.2, 0.25) is 0 Å². The minimum absolute atomic E-state index is 0.139. The molecule has 0 aliphatic rings. The number of anilines is 2. The molecule has 0 atom stereocenters. The van der Waals surface area contributed by atoms with E-state index < -0.39 is 10.0 Å². The molecule has 102 valence electrons. The minimum atomic E-state index is -3.47. The Morgan fingerprint density at radius 2 is 2.21 bits per heavy atom. The Kier molecular flexibility index (Phi) is 3.72. The summed E-state index contributed by atoms with van der Waals surface area (Å²) in [6, 6.07) is 4.55. The van der Waals surface area contributed by atoms with E-state index >= 15 is 0 Å². The Bertz CT molecular complexity index is 652. The zero-order valence-corrected chi connectivity index (χ0v) is 11.2. The van der Waals surface area contributed by atoms with E-state index in [1.807, 2.05) is 0 Å². The number of hydrogen-bond acceptors (Lipinski definition) is 5. The fourth-order valence-corrected chi connectivity index (χ4v) is 2.32. The van der Waals surface area contributed by atoms with E-state index in [9.17, 15) is 8.42 Å². The van der Waals surface area contributed by atoms with Crippen molar-refractivity contribution in [3.8, 4) is 0 Å². The number of nitrogens with zero attached hydrogens (tertiary/aromatic N) is 1. The van der Waals surface area contributed by atoms with Crippen LogP contribution in [0.25, 0.3) is 0 Å². The fraction of sp³-hybridized carbons (Fsp3) is 0.182. The predicted octanol–water partition coefficient (Wildman–Crippen LogP) is 0.512. The van der Waals surface area contributed by atoms with Crippen LogP contribution in [0, 0.1) is 0 Å². The van der Waals surface area contributed by atoms with Crippen molar-refractivity contribution in [3.05, 3.63) is 36.4 Å². The van der Waals surface area contributed by atoms with Gasteiger partial charge >= 0.3 is 0 Å². The quantitative estimate of drug-likeness (QED) is 0.596. The van der Waals surface area contributed by atoms with Crippen molar-refractivity contribution >= 4 is 21.4 Å². The number of hydrogen-bond donors (Lipinski definition) is 4. The van der Waals surface area contributed by atoms with Crippen LogP contribution in [-0.4, -0.2) is 25.4 Å². The molecular formula is C11H15N5O2S. The highest BCUT2D eigenvalue weighted by molar-refractivity contribution is 7.89. The monoisotopic (exact) mass is 281 g/mol. The van der Waals surface area contributed by atoms with Gasteiger partial charge in [-0.2, -0.15) is 0 Å². The highest BCUT2D eigenvalue weighted by Gasteiger charge is 2.12. The molecule has 1 heterocycles. The molecule has 1 aromatic heterocycles. The lowest BCUT2D eigenvalue weighted by Crippen LogP contribution is -2.18. The molecular weight excluding hydrogens is 266 g/mol. The van der Waals surface area contributed by atoms with E-state index in [4.69, 9.17) is 5.73 Å². The second-order valence-corrected chi connectivity index (χ2v) is 5.77. The minimum Gasteiger partial charge on any atom is -0.397 e. The summed E-state index contributed by atoms with van der Waals surface area (Å²) in [5.41, 5.74) is 7.78. The molecule has 0 saturated carbocycles. The molecule has 5 N–H and O–H groups in total. The highest BCUT2D eigenvalue weighted by atomic mass is 32.2. The molecule has 19 heavy (non-hydrogen) atoms. The van der Waals surface area contributed by atoms with Gasteiger partial charge in [-0.05, 0) is 25.2 Å². The summed E-state index contributed by atoms with van der Waals surface area (Å²) in [5, 5.41) is 3.10. The van der Waals surface area contributed by atoms with Gasteiger partial charge in [0.15, 0.2) is 0 Å². The van der Waals surface area contributed by atoms with Gasteiger partial charge in [-0.1, -0.05) is 0 Å². The van der Waals surface area contributed by atoms with Crippen molar-refractivity contribution < 1.29 is 8.42 Å². The second-order valence-electron chi connectivity index (χ2n) is 3.89. The number of nitrogens with two attached hydrogens (primary N) is 1. The molecule has 0 unspecified atom stereocenters. The molecule has 0 bridgehead atoms. The Morgan fingerprint density at radius 1 is 1.42 bits per heavy atom. The zero-order chi connectivity index (χ0) is 13.9. The molecule has 1 aromatic carbocycles. The van der Waals surface area contributed by atoms with E-state index in [1.165, 1.54) is 19.2 Å². The normalized spacial score (nSPS) is 11.4. The summed E-state index contributed by atoms with van der Waals surface area (Å²) in [6.07, 6.45) is 3.28. The summed E-state index contributed by atoms with van der Waals surface area (Å²) in [4.78, 5) is 6.99. The first-order valence-electron chi connectivity index (χ1n) is 5.57. The number of nitrogen functional groups attached to an aromatic ring is 1. The van der Waals surface area contributed by atoms with E-state index in [1.54, 1.807) is 18.6 Å². The van der Waals surface area contributed by atoms with Gasteiger partial charge in [0.2, 0.25) is 10.0 Å². The van der Waals surface area contributed by atoms with E-state index in [0.29, 0.717) is 17.9 Å². The van der Waals surface area contributed by atoms with Crippen molar-refractivity contribution in [3.63, 3.8) is 0 Å². The van der Waals surface area contributed by atoms with E-state index in [0.717, 1.165) is 5.69 Å². The van der Waals surface area contributed by atoms with E-state index in [2.05, 4.69) is 20.0 Å². The molecule has 0 spiro atoms. The maximum Gasteiger partial charge on any atom is 0.240 e. The average Bonchev–Trinajstić information content (AvgIpc) is 2.90. The predicted molar refractivity (Wildman–Crippen MR) is 73.0 cm³/mol. The Labute approximate surface area is 111 Å². The molecule has 0 aliphatic carbocycles. The van der Waals surface area contributed by atoms with Crippen LogP contribution < -0.4 is 15.8 Å². The number of rotatable bonds is 5. The number of sulfonamides is 1. The second kappa shape index (κ2) is 5.29. The van der Waals surface area contributed by atoms with Crippen molar-refractivity contribution in [1.29, 1.82) is 0 Å². The molecule has 0 fully saturated rings. The Morgan fingerprint density at radius 3 is 2.79 bits per heavy atom. The maximum absolute atomic E-state index is 11.6. The standard InChI is InChI=1S/C11H15N5O2S/c1-13-19(17,18)9-2-3-11(10(12)4-9)15-6-8-5-14-7-16-8/h2-5,7,13,15H,6,12H2,1H3,(H,14,16). The lowest BCUT2D eigenvalue weighted by atomic mass is 10.2. The number of benzene rings is 1. The van der Waals surface area contributed by atoms with Crippen LogP contribution in [-0.2, 0) is 16.6 Å². The van der Waals surface area contributed by atoms with Crippen molar-refractivity contribution in [2.45, 2.75) is 11.4 Å². The number of aromatic amines is 1. The first kappa shape index (κ1) is 13.4. The first-order chi connectivity index (χ1) is 9.03. The molecule has 0 radical (unpaired) electrons. The van der Waals surface area contributed by atoms with Crippen molar-refractivity contribution in [2.75, 3.05) is 18.1 Å². The molecule has 8 heteroatoms. The SMILES string of the molecule is CNS(=O)(=O)c1ccc(NCc2cnc[nH]2)c(N)c1. The van der Waals surface area contributed by atoms with Gasteiger partial charge in [0.05, 0.1) is 34.8 Å².